The number of hydrogen-bond donors (Lipinski definition) is 1. The average Bonchev–Trinajstić information content (AvgIpc) is 3.54. The van der Waals surface area contributed by atoms with Gasteiger partial charge in [0.25, 0.3) is 5.91 Å². The normalized spacial score (nSPS) is 20.7. The van der Waals surface area contributed by atoms with Crippen molar-refractivity contribution in [1.82, 2.24) is 10.3 Å². The molecule has 0 spiro atoms. The third kappa shape index (κ3) is 4.20. The highest BCUT2D eigenvalue weighted by Gasteiger charge is 2.34. The van der Waals surface area contributed by atoms with Crippen LogP contribution in [0.25, 0.3) is 0 Å². The van der Waals surface area contributed by atoms with Gasteiger partial charge < -0.3 is 14.8 Å². The number of pyridine rings is 1. The molecule has 1 heterocycles. The van der Waals surface area contributed by atoms with Gasteiger partial charge in [0.15, 0.2) is 11.4 Å². The molecule has 1 aromatic heterocycles. The molecule has 0 saturated heterocycles. The maximum absolute atomic E-state index is 12.7. The standard InChI is InChI=1S/C23H24N2O5/c1-13-17-7-4-3-6-16(17)12-19(13)30-22(27)14(2)25-21(26)20-18(8-5-11-24-20)29-23(28)15-9-10-15/h3-8,11,13-15,19H,9-10,12H2,1-2H3,(H,25,26)/t13?,14-,19?/m0/s1. The predicted molar refractivity (Wildman–Crippen MR) is 108 cm³/mol. The van der Waals surface area contributed by atoms with Crippen LogP contribution in [0.5, 0.6) is 5.75 Å². The van der Waals surface area contributed by atoms with Crippen LogP contribution in [0.3, 0.4) is 0 Å². The number of carbonyl (C=O) groups is 3. The molecule has 3 atom stereocenters. The van der Waals surface area contributed by atoms with Crippen LogP contribution in [0.2, 0.25) is 0 Å². The third-order valence-electron chi connectivity index (χ3n) is 5.60. The number of ether oxygens (including phenoxy) is 2. The second-order valence-corrected chi connectivity index (χ2v) is 7.91. The lowest BCUT2D eigenvalue weighted by atomic mass is 10.0. The van der Waals surface area contributed by atoms with Crippen molar-refractivity contribution in [1.29, 1.82) is 0 Å². The highest BCUT2D eigenvalue weighted by molar-refractivity contribution is 5.98. The molecule has 2 aliphatic carbocycles. The zero-order chi connectivity index (χ0) is 21.3. The molecule has 1 fully saturated rings. The molecule has 30 heavy (non-hydrogen) atoms. The molecule has 2 aromatic rings. The molecule has 1 aromatic carbocycles. The Kier molecular flexibility index (Phi) is 5.53. The number of aromatic nitrogens is 1. The highest BCUT2D eigenvalue weighted by Crippen LogP contribution is 2.35. The van der Waals surface area contributed by atoms with Gasteiger partial charge >= 0.3 is 11.9 Å². The Hall–Kier alpha value is -3.22. The fourth-order valence-electron chi connectivity index (χ4n) is 3.63. The molecule has 0 aliphatic heterocycles. The molecular weight excluding hydrogens is 384 g/mol. The van der Waals surface area contributed by atoms with E-state index in [1.54, 1.807) is 13.0 Å². The Morgan fingerprint density at radius 3 is 2.63 bits per heavy atom. The van der Waals surface area contributed by atoms with Crippen LogP contribution >= 0.6 is 0 Å². The van der Waals surface area contributed by atoms with E-state index >= 15 is 0 Å². The van der Waals surface area contributed by atoms with Crippen molar-refractivity contribution in [3.8, 4) is 5.75 Å². The number of esters is 2. The fourth-order valence-corrected chi connectivity index (χ4v) is 3.63. The van der Waals surface area contributed by atoms with Crippen LogP contribution in [0, 0.1) is 5.92 Å². The van der Waals surface area contributed by atoms with E-state index in [0.29, 0.717) is 6.42 Å². The maximum atomic E-state index is 12.7. The van der Waals surface area contributed by atoms with Crippen molar-refractivity contribution in [3.63, 3.8) is 0 Å². The van der Waals surface area contributed by atoms with Crippen LogP contribution in [0.1, 0.15) is 54.2 Å². The lowest BCUT2D eigenvalue weighted by Gasteiger charge is -2.20. The van der Waals surface area contributed by atoms with E-state index in [2.05, 4.69) is 10.3 Å². The minimum absolute atomic E-state index is 0.0345. The minimum Gasteiger partial charge on any atom is -0.460 e. The van der Waals surface area contributed by atoms with Crippen LogP contribution < -0.4 is 10.1 Å². The summed E-state index contributed by atoms with van der Waals surface area (Å²) in [5.41, 5.74) is 2.32. The maximum Gasteiger partial charge on any atom is 0.328 e. The van der Waals surface area contributed by atoms with Crippen molar-refractivity contribution in [2.75, 3.05) is 0 Å². The van der Waals surface area contributed by atoms with Gasteiger partial charge in [0, 0.05) is 18.5 Å². The molecule has 156 valence electrons. The summed E-state index contributed by atoms with van der Waals surface area (Å²) in [4.78, 5) is 41.2. The van der Waals surface area contributed by atoms with Gasteiger partial charge in [-0.05, 0) is 43.0 Å². The summed E-state index contributed by atoms with van der Waals surface area (Å²) in [7, 11) is 0. The van der Waals surface area contributed by atoms with Crippen LogP contribution in [0.15, 0.2) is 42.6 Å². The van der Waals surface area contributed by atoms with Crippen molar-refractivity contribution in [2.24, 2.45) is 5.92 Å². The molecular formula is C23H24N2O5. The van der Waals surface area contributed by atoms with Crippen LogP contribution in [0.4, 0.5) is 0 Å². The molecule has 0 radical (unpaired) electrons. The number of carbonyl (C=O) groups excluding carboxylic acids is 3. The Morgan fingerprint density at radius 2 is 1.90 bits per heavy atom. The first-order chi connectivity index (χ1) is 14.4. The first-order valence-corrected chi connectivity index (χ1v) is 10.2. The molecule has 7 nitrogen and oxygen atoms in total. The van der Waals surface area contributed by atoms with Gasteiger partial charge in [-0.15, -0.1) is 0 Å². The summed E-state index contributed by atoms with van der Waals surface area (Å²) >= 11 is 0. The van der Waals surface area contributed by atoms with E-state index in [9.17, 15) is 14.4 Å². The number of amides is 1. The van der Waals surface area contributed by atoms with E-state index in [1.807, 2.05) is 31.2 Å². The number of nitrogens with one attached hydrogen (secondary N) is 1. The van der Waals surface area contributed by atoms with Crippen molar-refractivity contribution in [3.05, 3.63) is 59.4 Å². The topological polar surface area (TPSA) is 94.6 Å². The average molecular weight is 408 g/mol. The summed E-state index contributed by atoms with van der Waals surface area (Å²) in [6.45, 7) is 3.59. The number of fused-ring (bicyclic) bond motifs is 1. The van der Waals surface area contributed by atoms with Gasteiger partial charge in [0.1, 0.15) is 12.1 Å². The van der Waals surface area contributed by atoms with E-state index in [4.69, 9.17) is 9.47 Å². The monoisotopic (exact) mass is 408 g/mol. The molecule has 0 bridgehead atoms. The lowest BCUT2D eigenvalue weighted by molar-refractivity contribution is -0.151. The largest absolute Gasteiger partial charge is 0.460 e. The second kappa shape index (κ2) is 8.26. The van der Waals surface area contributed by atoms with Crippen molar-refractivity contribution < 1.29 is 23.9 Å². The molecule has 4 rings (SSSR count). The summed E-state index contributed by atoms with van der Waals surface area (Å²) in [6, 6.07) is 10.3. The van der Waals surface area contributed by atoms with Gasteiger partial charge in [-0.1, -0.05) is 31.2 Å². The molecule has 1 amide bonds. The minimum atomic E-state index is -0.873. The van der Waals surface area contributed by atoms with E-state index in [-0.39, 0.29) is 35.4 Å². The van der Waals surface area contributed by atoms with Gasteiger partial charge in [-0.2, -0.15) is 0 Å². The summed E-state index contributed by atoms with van der Waals surface area (Å²) in [5, 5.41) is 2.60. The molecule has 2 unspecified atom stereocenters. The van der Waals surface area contributed by atoms with Crippen LogP contribution in [-0.2, 0) is 20.7 Å². The Balaban J connectivity index is 1.37. The molecule has 2 aliphatic rings. The number of rotatable bonds is 6. The fraction of sp³-hybridized carbons (Fsp3) is 0.391. The quantitative estimate of drug-likeness (QED) is 0.739. The lowest BCUT2D eigenvalue weighted by Crippen LogP contribution is -2.41. The third-order valence-corrected chi connectivity index (χ3v) is 5.60. The van der Waals surface area contributed by atoms with Crippen LogP contribution in [-0.4, -0.2) is 35.0 Å². The van der Waals surface area contributed by atoms with Crippen molar-refractivity contribution >= 4 is 17.8 Å². The predicted octanol–water partition coefficient (Wildman–Crippen LogP) is 2.79. The summed E-state index contributed by atoms with van der Waals surface area (Å²) < 4.78 is 11.0. The highest BCUT2D eigenvalue weighted by atomic mass is 16.5. The first kappa shape index (κ1) is 20.1. The first-order valence-electron chi connectivity index (χ1n) is 10.2. The Labute approximate surface area is 174 Å². The van der Waals surface area contributed by atoms with E-state index in [0.717, 1.165) is 12.8 Å². The second-order valence-electron chi connectivity index (χ2n) is 7.91. The molecule has 1 saturated carbocycles. The number of hydrogen-bond acceptors (Lipinski definition) is 6. The number of benzene rings is 1. The molecule has 1 N–H and O–H groups in total. The van der Waals surface area contributed by atoms with Gasteiger partial charge in [-0.25, -0.2) is 9.78 Å². The zero-order valence-corrected chi connectivity index (χ0v) is 17.0. The van der Waals surface area contributed by atoms with Crippen molar-refractivity contribution in [2.45, 2.75) is 51.2 Å². The van der Waals surface area contributed by atoms with E-state index in [1.165, 1.54) is 23.4 Å². The molecule has 7 heteroatoms. The smallest absolute Gasteiger partial charge is 0.328 e. The van der Waals surface area contributed by atoms with Gasteiger partial charge in [0.2, 0.25) is 0 Å². The van der Waals surface area contributed by atoms with Gasteiger partial charge in [-0.3, -0.25) is 9.59 Å². The van der Waals surface area contributed by atoms with E-state index < -0.39 is 17.9 Å². The Bertz CT molecular complexity index is 985. The van der Waals surface area contributed by atoms with Gasteiger partial charge in [0.05, 0.1) is 5.92 Å². The SMILES string of the molecule is CC1c2ccccc2CC1OC(=O)[C@H](C)NC(=O)c1ncccc1OC(=O)C1CC1. The summed E-state index contributed by atoms with van der Waals surface area (Å²) in [5.74, 6) is -1.39. The summed E-state index contributed by atoms with van der Waals surface area (Å²) in [6.07, 6.45) is 3.42. The zero-order valence-electron chi connectivity index (χ0n) is 17.0. The number of nitrogens with zero attached hydrogens (tertiary/aromatic N) is 1. The Morgan fingerprint density at radius 1 is 1.13 bits per heavy atom.